The molecular weight excluding hydrogens is 322 g/mol. The van der Waals surface area contributed by atoms with Crippen LogP contribution in [0.5, 0.6) is 5.75 Å². The van der Waals surface area contributed by atoms with Gasteiger partial charge >= 0.3 is 0 Å². The highest BCUT2D eigenvalue weighted by Crippen LogP contribution is 2.20. The first kappa shape index (κ1) is 17.2. The van der Waals surface area contributed by atoms with E-state index in [0.717, 1.165) is 31.8 Å². The molecule has 0 bridgehead atoms. The molecule has 1 aliphatic rings. The van der Waals surface area contributed by atoms with Gasteiger partial charge in [-0.3, -0.25) is 9.59 Å². The van der Waals surface area contributed by atoms with Gasteiger partial charge in [0.2, 0.25) is 0 Å². The molecule has 0 atom stereocenters. The summed E-state index contributed by atoms with van der Waals surface area (Å²) < 4.78 is 12.4. The van der Waals surface area contributed by atoms with Crippen molar-refractivity contribution in [3.05, 3.63) is 52.7 Å². The zero-order chi connectivity index (χ0) is 17.6. The summed E-state index contributed by atoms with van der Waals surface area (Å²) in [7, 11) is 1.58. The fraction of sp³-hybridized carbons (Fsp3) is 0.389. The maximum Gasteiger partial charge on any atom is 0.274 e. The number of hydrogen-bond acceptors (Lipinski definition) is 5. The van der Waals surface area contributed by atoms with Crippen molar-refractivity contribution in [3.63, 3.8) is 0 Å². The van der Waals surface area contributed by atoms with Crippen molar-refractivity contribution in [2.75, 3.05) is 25.1 Å². The Labute approximate surface area is 145 Å². The summed E-state index contributed by atoms with van der Waals surface area (Å²) >= 11 is 0. The van der Waals surface area contributed by atoms with Crippen LogP contribution in [-0.4, -0.2) is 35.3 Å². The van der Waals surface area contributed by atoms with Gasteiger partial charge in [0.25, 0.3) is 11.5 Å². The van der Waals surface area contributed by atoms with Gasteiger partial charge in [0.15, 0.2) is 0 Å². The van der Waals surface area contributed by atoms with E-state index in [9.17, 15) is 9.59 Å². The van der Waals surface area contributed by atoms with Gasteiger partial charge < -0.3 is 19.4 Å². The van der Waals surface area contributed by atoms with E-state index >= 15 is 0 Å². The first-order chi connectivity index (χ1) is 12.1. The summed E-state index contributed by atoms with van der Waals surface area (Å²) in [6.07, 6.45) is 3.37. The molecule has 1 amide bonds. The molecule has 2 aromatic rings. The van der Waals surface area contributed by atoms with Gasteiger partial charge in [-0.25, -0.2) is 4.98 Å². The summed E-state index contributed by atoms with van der Waals surface area (Å²) in [5, 5.41) is 2.72. The molecule has 1 N–H and O–H groups in total. The molecule has 0 aliphatic carbocycles. The average Bonchev–Trinajstić information content (AvgIpc) is 2.64. The number of amides is 1. The second-order valence-electron chi connectivity index (χ2n) is 6.07. The number of carbonyl (C=O) groups is 1. The maximum atomic E-state index is 12.1. The van der Waals surface area contributed by atoms with Gasteiger partial charge in [0.1, 0.15) is 11.4 Å². The Balaban J connectivity index is 1.55. The van der Waals surface area contributed by atoms with Crippen molar-refractivity contribution >= 4 is 11.6 Å². The number of rotatable bonds is 5. The van der Waals surface area contributed by atoms with Crippen molar-refractivity contribution in [1.82, 2.24) is 9.55 Å². The number of aromatic nitrogens is 2. The van der Waals surface area contributed by atoms with Crippen molar-refractivity contribution in [1.29, 1.82) is 0 Å². The first-order valence-electron chi connectivity index (χ1n) is 8.26. The Kier molecular flexibility index (Phi) is 5.45. The summed E-state index contributed by atoms with van der Waals surface area (Å²) in [5.74, 6) is 0.865. The lowest BCUT2D eigenvalue weighted by molar-refractivity contribution is 0.0497. The predicted octanol–water partition coefficient (Wildman–Crippen LogP) is 1.84. The van der Waals surface area contributed by atoms with Crippen LogP contribution < -0.4 is 15.6 Å². The van der Waals surface area contributed by atoms with Gasteiger partial charge in [-0.15, -0.1) is 0 Å². The third kappa shape index (κ3) is 4.67. The van der Waals surface area contributed by atoms with Crippen LogP contribution in [0.15, 0.2) is 41.5 Å². The largest absolute Gasteiger partial charge is 0.493 e. The molecule has 1 fully saturated rings. The Bertz CT molecular complexity index is 780. The summed E-state index contributed by atoms with van der Waals surface area (Å²) in [6.45, 7) is 2.28. The van der Waals surface area contributed by atoms with Crippen molar-refractivity contribution < 1.29 is 14.3 Å². The molecule has 1 aromatic carbocycles. The minimum Gasteiger partial charge on any atom is -0.493 e. The number of nitrogens with one attached hydrogen (secondary N) is 1. The zero-order valence-electron chi connectivity index (χ0n) is 14.1. The highest BCUT2D eigenvalue weighted by molar-refractivity contribution is 6.02. The topological polar surface area (TPSA) is 82.5 Å². The lowest BCUT2D eigenvalue weighted by Crippen LogP contribution is -2.22. The molecule has 2 heterocycles. The molecule has 0 unspecified atom stereocenters. The van der Waals surface area contributed by atoms with E-state index in [1.54, 1.807) is 19.2 Å². The molecule has 1 aromatic heterocycles. The highest BCUT2D eigenvalue weighted by atomic mass is 16.5. The number of ether oxygens (including phenoxy) is 2. The summed E-state index contributed by atoms with van der Waals surface area (Å²) in [4.78, 5) is 27.6. The zero-order valence-corrected chi connectivity index (χ0v) is 14.1. The van der Waals surface area contributed by atoms with Gasteiger partial charge in [-0.1, -0.05) is 0 Å². The molecular formula is C18H21N3O4. The molecule has 0 spiro atoms. The van der Waals surface area contributed by atoms with Gasteiger partial charge in [0.05, 0.1) is 12.9 Å². The minimum absolute atomic E-state index is 0.0861. The number of carbonyl (C=O) groups excluding carboxylic acids is 1. The van der Waals surface area contributed by atoms with Crippen LogP contribution in [-0.2, 0) is 11.8 Å². The van der Waals surface area contributed by atoms with Crippen LogP contribution in [0.25, 0.3) is 0 Å². The normalized spacial score (nSPS) is 14.9. The van der Waals surface area contributed by atoms with Crippen LogP contribution in [0.3, 0.4) is 0 Å². The monoisotopic (exact) mass is 343 g/mol. The number of anilines is 1. The molecule has 7 heteroatoms. The second kappa shape index (κ2) is 7.94. The molecule has 25 heavy (non-hydrogen) atoms. The number of nitrogens with zero attached hydrogens (tertiary/aromatic N) is 2. The Hall–Kier alpha value is -2.67. The third-order valence-corrected chi connectivity index (χ3v) is 4.15. The molecule has 3 rings (SSSR count). The maximum absolute atomic E-state index is 12.1. The summed E-state index contributed by atoms with van der Waals surface area (Å²) in [6, 6.07) is 8.36. The lowest BCUT2D eigenvalue weighted by Gasteiger charge is -2.22. The van der Waals surface area contributed by atoms with E-state index in [4.69, 9.17) is 9.47 Å². The molecule has 7 nitrogen and oxygen atoms in total. The van der Waals surface area contributed by atoms with E-state index in [2.05, 4.69) is 10.3 Å². The minimum atomic E-state index is -0.423. The van der Waals surface area contributed by atoms with Gasteiger partial charge in [-0.05, 0) is 43.0 Å². The number of hydrogen-bond donors (Lipinski definition) is 1. The lowest BCUT2D eigenvalue weighted by atomic mass is 10.0. The molecule has 132 valence electrons. The molecule has 0 saturated carbocycles. The second-order valence-corrected chi connectivity index (χ2v) is 6.07. The van der Waals surface area contributed by atoms with E-state index in [0.29, 0.717) is 18.2 Å². The van der Waals surface area contributed by atoms with Crippen LogP contribution in [0.2, 0.25) is 0 Å². The third-order valence-electron chi connectivity index (χ3n) is 4.15. The Morgan fingerprint density at radius 2 is 2.04 bits per heavy atom. The van der Waals surface area contributed by atoms with E-state index in [1.165, 1.54) is 17.0 Å². The van der Waals surface area contributed by atoms with Gasteiger partial charge in [-0.2, -0.15) is 0 Å². The predicted molar refractivity (Wildman–Crippen MR) is 92.9 cm³/mol. The van der Waals surface area contributed by atoms with Crippen molar-refractivity contribution in [3.8, 4) is 5.75 Å². The fourth-order valence-electron chi connectivity index (χ4n) is 2.54. The smallest absolute Gasteiger partial charge is 0.274 e. The van der Waals surface area contributed by atoms with E-state index < -0.39 is 5.91 Å². The molecule has 0 radical (unpaired) electrons. The van der Waals surface area contributed by atoms with Crippen LogP contribution >= 0.6 is 0 Å². The average molecular weight is 343 g/mol. The standard InChI is InChI=1S/C18H21N3O4/c1-21-12-19-16(10-17(21)22)18(23)20-14-2-4-15(5-3-14)25-11-13-6-8-24-9-7-13/h2-5,10,12-13H,6-9,11H2,1H3,(H,20,23). The van der Waals surface area contributed by atoms with Crippen LogP contribution in [0, 0.1) is 5.92 Å². The van der Waals surface area contributed by atoms with Crippen molar-refractivity contribution in [2.24, 2.45) is 13.0 Å². The van der Waals surface area contributed by atoms with E-state index in [1.807, 2.05) is 12.1 Å². The summed E-state index contributed by atoms with van der Waals surface area (Å²) in [5.41, 5.74) is 0.422. The highest BCUT2D eigenvalue weighted by Gasteiger charge is 2.14. The Morgan fingerprint density at radius 3 is 2.72 bits per heavy atom. The number of benzene rings is 1. The van der Waals surface area contributed by atoms with Crippen molar-refractivity contribution in [2.45, 2.75) is 12.8 Å². The van der Waals surface area contributed by atoms with Crippen LogP contribution in [0.4, 0.5) is 5.69 Å². The molecule has 1 saturated heterocycles. The number of aryl methyl sites for hydroxylation is 1. The first-order valence-corrected chi connectivity index (χ1v) is 8.26. The van der Waals surface area contributed by atoms with E-state index in [-0.39, 0.29) is 11.3 Å². The molecule has 1 aliphatic heterocycles. The Morgan fingerprint density at radius 1 is 1.32 bits per heavy atom. The van der Waals surface area contributed by atoms with Gasteiger partial charge in [0, 0.05) is 32.0 Å². The van der Waals surface area contributed by atoms with Crippen LogP contribution in [0.1, 0.15) is 23.3 Å². The fourth-order valence-corrected chi connectivity index (χ4v) is 2.54. The quantitative estimate of drug-likeness (QED) is 0.896. The SMILES string of the molecule is Cn1cnc(C(=O)Nc2ccc(OCC3CCOCC3)cc2)cc1=O.